The molecule has 2 heterocycles. The van der Waals surface area contributed by atoms with Crippen molar-refractivity contribution in [3.63, 3.8) is 0 Å². The molecule has 0 atom stereocenters. The molecule has 0 saturated carbocycles. The van der Waals surface area contributed by atoms with E-state index in [0.717, 1.165) is 12.1 Å². The molecule has 0 aliphatic heterocycles. The van der Waals surface area contributed by atoms with Gasteiger partial charge in [0.25, 0.3) is 15.9 Å². The van der Waals surface area contributed by atoms with Gasteiger partial charge < -0.3 is 10.4 Å². The molecule has 0 aliphatic carbocycles. The van der Waals surface area contributed by atoms with Crippen LogP contribution < -0.4 is 10.0 Å². The van der Waals surface area contributed by atoms with Crippen molar-refractivity contribution in [2.45, 2.75) is 11.1 Å². The minimum Gasteiger partial charge on any atom is -0.477 e. The third kappa shape index (κ3) is 4.58. The van der Waals surface area contributed by atoms with Gasteiger partial charge in [0.15, 0.2) is 0 Å². The van der Waals surface area contributed by atoms with Crippen molar-refractivity contribution in [2.75, 3.05) is 10.0 Å². The standard InChI is InChI=1S/C18H14FN3O5S2/c1-10-8-15(28-16(10)18(24)25)29(26,27)22-14-9-11(19)5-6-12(14)21-17(23)13-4-2-3-7-20-13/h2-9,22H,1H3,(H,21,23)(H,24,25). The lowest BCUT2D eigenvalue weighted by atomic mass is 10.2. The van der Waals surface area contributed by atoms with Gasteiger partial charge in [-0.15, -0.1) is 11.3 Å². The van der Waals surface area contributed by atoms with E-state index in [1.807, 2.05) is 0 Å². The monoisotopic (exact) mass is 435 g/mol. The number of carbonyl (C=O) groups is 2. The highest BCUT2D eigenvalue weighted by molar-refractivity contribution is 7.94. The van der Waals surface area contributed by atoms with E-state index in [1.54, 1.807) is 12.1 Å². The Labute approximate surface area is 169 Å². The summed E-state index contributed by atoms with van der Waals surface area (Å²) in [6.07, 6.45) is 1.42. The van der Waals surface area contributed by atoms with E-state index < -0.39 is 27.7 Å². The molecule has 2 aromatic heterocycles. The predicted octanol–water partition coefficient (Wildman–Crippen LogP) is 3.34. The van der Waals surface area contributed by atoms with Crippen molar-refractivity contribution in [1.82, 2.24) is 4.98 Å². The molecule has 3 aromatic rings. The van der Waals surface area contributed by atoms with Crippen LogP contribution in [0.2, 0.25) is 0 Å². The van der Waals surface area contributed by atoms with Crippen LogP contribution in [-0.2, 0) is 10.0 Å². The van der Waals surface area contributed by atoms with Crippen molar-refractivity contribution >= 4 is 44.6 Å². The molecule has 1 amide bonds. The van der Waals surface area contributed by atoms with Crippen LogP contribution in [0, 0.1) is 12.7 Å². The number of pyridine rings is 1. The molecular formula is C18H14FN3O5S2. The summed E-state index contributed by atoms with van der Waals surface area (Å²) < 4.78 is 41.0. The van der Waals surface area contributed by atoms with E-state index in [4.69, 9.17) is 5.11 Å². The number of halogens is 1. The molecule has 29 heavy (non-hydrogen) atoms. The summed E-state index contributed by atoms with van der Waals surface area (Å²) >= 11 is 0.574. The number of carboxylic acid groups (broad SMARTS) is 1. The van der Waals surface area contributed by atoms with Crippen LogP contribution in [0.25, 0.3) is 0 Å². The third-order valence-corrected chi connectivity index (χ3v) is 6.79. The zero-order valence-corrected chi connectivity index (χ0v) is 16.5. The van der Waals surface area contributed by atoms with Gasteiger partial charge in [-0.3, -0.25) is 14.5 Å². The maximum atomic E-state index is 13.7. The number of carbonyl (C=O) groups excluding carboxylic acids is 1. The number of nitrogens with one attached hydrogen (secondary N) is 2. The Hall–Kier alpha value is -3.31. The number of nitrogens with zero attached hydrogens (tertiary/aromatic N) is 1. The topological polar surface area (TPSA) is 125 Å². The molecule has 150 valence electrons. The second kappa shape index (κ2) is 7.97. The number of carboxylic acids is 1. The minimum absolute atomic E-state index is 0.0114. The number of aromatic carboxylic acids is 1. The van der Waals surface area contributed by atoms with Crippen molar-refractivity contribution < 1.29 is 27.5 Å². The highest BCUT2D eigenvalue weighted by Gasteiger charge is 2.23. The molecule has 1 aromatic carbocycles. The Bertz CT molecular complexity index is 1190. The average molecular weight is 435 g/mol. The number of aryl methyl sites for hydroxylation is 1. The summed E-state index contributed by atoms with van der Waals surface area (Å²) in [6.45, 7) is 1.47. The number of benzene rings is 1. The number of aromatic nitrogens is 1. The second-order valence-corrected chi connectivity index (χ2v) is 8.81. The van der Waals surface area contributed by atoms with Crippen LogP contribution in [0.15, 0.2) is 52.9 Å². The molecule has 0 radical (unpaired) electrons. The van der Waals surface area contributed by atoms with Gasteiger partial charge in [0.1, 0.15) is 20.6 Å². The van der Waals surface area contributed by atoms with Crippen LogP contribution >= 0.6 is 11.3 Å². The van der Waals surface area contributed by atoms with Gasteiger partial charge in [-0.25, -0.2) is 17.6 Å². The molecule has 3 rings (SSSR count). The van der Waals surface area contributed by atoms with Gasteiger partial charge in [-0.1, -0.05) is 6.07 Å². The lowest BCUT2D eigenvalue weighted by Gasteiger charge is -2.13. The van der Waals surface area contributed by atoms with E-state index in [0.29, 0.717) is 11.3 Å². The zero-order chi connectivity index (χ0) is 21.2. The number of sulfonamides is 1. The molecular weight excluding hydrogens is 421 g/mol. The van der Waals surface area contributed by atoms with E-state index in [2.05, 4.69) is 15.0 Å². The summed E-state index contributed by atoms with van der Waals surface area (Å²) in [6, 6.07) is 9.08. The molecule has 0 spiro atoms. The van der Waals surface area contributed by atoms with Gasteiger partial charge in [0.05, 0.1) is 11.4 Å². The SMILES string of the molecule is Cc1cc(S(=O)(=O)Nc2cc(F)ccc2NC(=O)c2ccccn2)sc1C(=O)O. The van der Waals surface area contributed by atoms with Crippen molar-refractivity contribution in [3.05, 3.63) is 70.6 Å². The Morgan fingerprint density at radius 2 is 1.90 bits per heavy atom. The highest BCUT2D eigenvalue weighted by atomic mass is 32.2. The first kappa shape index (κ1) is 20.4. The Balaban J connectivity index is 1.92. The number of rotatable bonds is 6. The summed E-state index contributed by atoms with van der Waals surface area (Å²) in [5.74, 6) is -2.59. The normalized spacial score (nSPS) is 11.1. The molecule has 11 heteroatoms. The number of hydrogen-bond donors (Lipinski definition) is 3. The van der Waals surface area contributed by atoms with Gasteiger partial charge in [0.2, 0.25) is 0 Å². The molecule has 0 unspecified atom stereocenters. The fourth-order valence-corrected chi connectivity index (χ4v) is 4.83. The van der Waals surface area contributed by atoms with Crippen molar-refractivity contribution in [2.24, 2.45) is 0 Å². The summed E-state index contributed by atoms with van der Waals surface area (Å²) in [5, 5.41) is 11.6. The van der Waals surface area contributed by atoms with Crippen LogP contribution in [0.4, 0.5) is 15.8 Å². The van der Waals surface area contributed by atoms with Gasteiger partial charge in [-0.05, 0) is 42.8 Å². The number of anilines is 2. The largest absolute Gasteiger partial charge is 0.477 e. The van der Waals surface area contributed by atoms with E-state index >= 15 is 0 Å². The summed E-state index contributed by atoms with van der Waals surface area (Å²) in [4.78, 5) is 27.2. The molecule has 3 N–H and O–H groups in total. The van der Waals surface area contributed by atoms with E-state index in [-0.39, 0.29) is 31.7 Å². The van der Waals surface area contributed by atoms with Gasteiger partial charge in [0, 0.05) is 12.3 Å². The van der Waals surface area contributed by atoms with Crippen LogP contribution in [0.3, 0.4) is 0 Å². The second-order valence-electron chi connectivity index (χ2n) is 5.85. The fourth-order valence-electron chi connectivity index (χ4n) is 2.39. The minimum atomic E-state index is -4.22. The lowest BCUT2D eigenvalue weighted by molar-refractivity contribution is 0.0701. The summed E-state index contributed by atoms with van der Waals surface area (Å²) in [7, 11) is -4.22. The fraction of sp³-hybridized carbons (Fsp3) is 0.0556. The first-order chi connectivity index (χ1) is 13.7. The van der Waals surface area contributed by atoms with Gasteiger partial charge >= 0.3 is 5.97 Å². The molecule has 0 bridgehead atoms. The zero-order valence-electron chi connectivity index (χ0n) is 14.8. The molecule has 8 nitrogen and oxygen atoms in total. The van der Waals surface area contributed by atoms with E-state index in [1.165, 1.54) is 31.3 Å². The highest BCUT2D eigenvalue weighted by Crippen LogP contribution is 2.30. The smallest absolute Gasteiger partial charge is 0.346 e. The van der Waals surface area contributed by atoms with Crippen molar-refractivity contribution in [1.29, 1.82) is 0 Å². The summed E-state index contributed by atoms with van der Waals surface area (Å²) in [5.41, 5.74) is 0.172. The first-order valence-electron chi connectivity index (χ1n) is 8.06. The number of thiophene rings is 1. The maximum absolute atomic E-state index is 13.7. The Morgan fingerprint density at radius 1 is 1.14 bits per heavy atom. The molecule has 0 fully saturated rings. The number of amides is 1. The van der Waals surface area contributed by atoms with Gasteiger partial charge in [-0.2, -0.15) is 0 Å². The first-order valence-corrected chi connectivity index (χ1v) is 10.4. The predicted molar refractivity (Wildman–Crippen MR) is 105 cm³/mol. The molecule has 0 saturated heterocycles. The van der Waals surface area contributed by atoms with Crippen molar-refractivity contribution in [3.8, 4) is 0 Å². The van der Waals surface area contributed by atoms with Crippen LogP contribution in [-0.4, -0.2) is 30.4 Å². The maximum Gasteiger partial charge on any atom is 0.346 e. The average Bonchev–Trinajstić information content (AvgIpc) is 3.07. The Kier molecular flexibility index (Phi) is 5.62. The lowest BCUT2D eigenvalue weighted by Crippen LogP contribution is -2.17. The Morgan fingerprint density at radius 3 is 2.52 bits per heavy atom. The van der Waals surface area contributed by atoms with Crippen LogP contribution in [0.5, 0.6) is 0 Å². The third-order valence-electron chi connectivity index (χ3n) is 3.73. The number of hydrogen-bond acceptors (Lipinski definition) is 6. The molecule has 0 aliphatic rings. The van der Waals surface area contributed by atoms with Crippen LogP contribution in [0.1, 0.15) is 25.7 Å². The van der Waals surface area contributed by atoms with E-state index in [9.17, 15) is 22.4 Å². The quantitative estimate of drug-likeness (QED) is 0.545.